The summed E-state index contributed by atoms with van der Waals surface area (Å²) in [5.74, 6) is 1.11. The second-order valence-corrected chi connectivity index (χ2v) is 5.39. The van der Waals surface area contributed by atoms with Gasteiger partial charge in [0.25, 0.3) is 5.91 Å². The molecule has 0 aliphatic carbocycles. The topological polar surface area (TPSA) is 76.2 Å². The van der Waals surface area contributed by atoms with Crippen LogP contribution in [0.15, 0.2) is 18.2 Å². The molecule has 0 aliphatic heterocycles. The number of nitrogens with one attached hydrogen (secondary N) is 2. The normalized spacial score (nSPS) is 11.9. The minimum atomic E-state index is -0.206. The van der Waals surface area contributed by atoms with E-state index in [0.717, 1.165) is 23.2 Å². The fourth-order valence-electron chi connectivity index (χ4n) is 2.47. The maximum atomic E-state index is 12.3. The molecule has 2 rings (SSSR count). The van der Waals surface area contributed by atoms with Gasteiger partial charge in [-0.1, -0.05) is 6.92 Å². The van der Waals surface area contributed by atoms with Crippen LogP contribution in [0.25, 0.3) is 0 Å². The second kappa shape index (κ2) is 7.17. The van der Waals surface area contributed by atoms with Gasteiger partial charge in [-0.15, -0.1) is 0 Å². The van der Waals surface area contributed by atoms with Crippen molar-refractivity contribution < 1.29 is 14.3 Å². The molecule has 124 valence electrons. The molecule has 0 aliphatic rings. The summed E-state index contributed by atoms with van der Waals surface area (Å²) >= 11 is 0. The van der Waals surface area contributed by atoms with Crippen molar-refractivity contribution >= 4 is 5.91 Å². The molecule has 6 heteroatoms. The summed E-state index contributed by atoms with van der Waals surface area (Å²) in [5, 5.41) is 9.84. The first-order chi connectivity index (χ1) is 11.0. The lowest BCUT2D eigenvalue weighted by molar-refractivity contribution is 0.0934. The van der Waals surface area contributed by atoms with Gasteiger partial charge in [-0.3, -0.25) is 9.89 Å². The van der Waals surface area contributed by atoms with Crippen LogP contribution in [0.2, 0.25) is 0 Å². The van der Waals surface area contributed by atoms with Gasteiger partial charge < -0.3 is 14.8 Å². The molecule has 1 aromatic heterocycles. The molecule has 0 radical (unpaired) electrons. The third-order valence-corrected chi connectivity index (χ3v) is 3.83. The number of methoxy groups -OCH3 is 2. The van der Waals surface area contributed by atoms with Gasteiger partial charge in [0.2, 0.25) is 0 Å². The van der Waals surface area contributed by atoms with Gasteiger partial charge in [-0.05, 0) is 49.6 Å². The lowest BCUT2D eigenvalue weighted by Crippen LogP contribution is -2.27. The largest absolute Gasteiger partial charge is 0.493 e. The van der Waals surface area contributed by atoms with Crippen molar-refractivity contribution in [3.8, 4) is 11.5 Å². The molecule has 1 unspecified atom stereocenters. The Morgan fingerprint density at radius 3 is 2.48 bits per heavy atom. The second-order valence-electron chi connectivity index (χ2n) is 5.39. The minimum Gasteiger partial charge on any atom is -0.493 e. The average molecular weight is 317 g/mol. The van der Waals surface area contributed by atoms with Crippen molar-refractivity contribution in [2.75, 3.05) is 14.2 Å². The predicted octanol–water partition coefficient (Wildman–Crippen LogP) is 2.79. The fourth-order valence-corrected chi connectivity index (χ4v) is 2.47. The molecule has 6 nitrogen and oxygen atoms in total. The van der Waals surface area contributed by atoms with E-state index in [4.69, 9.17) is 9.47 Å². The van der Waals surface area contributed by atoms with Crippen molar-refractivity contribution in [3.63, 3.8) is 0 Å². The molecule has 1 aromatic carbocycles. The Balaban J connectivity index is 2.19. The molecule has 0 fully saturated rings. The zero-order chi connectivity index (χ0) is 17.0. The fraction of sp³-hybridized carbons (Fsp3) is 0.412. The highest BCUT2D eigenvalue weighted by Gasteiger charge is 2.18. The summed E-state index contributed by atoms with van der Waals surface area (Å²) < 4.78 is 10.6. The average Bonchev–Trinajstić information content (AvgIpc) is 3.03. The summed E-state index contributed by atoms with van der Waals surface area (Å²) in [6, 6.07) is 5.38. The summed E-state index contributed by atoms with van der Waals surface area (Å²) in [5.41, 5.74) is 3.32. The van der Waals surface area contributed by atoms with Gasteiger partial charge >= 0.3 is 0 Å². The highest BCUT2D eigenvalue weighted by atomic mass is 16.5. The maximum Gasteiger partial charge on any atom is 0.272 e. The van der Waals surface area contributed by atoms with Gasteiger partial charge in [0.1, 0.15) is 5.69 Å². The molecule has 0 saturated heterocycles. The summed E-state index contributed by atoms with van der Waals surface area (Å²) in [7, 11) is 3.20. The van der Waals surface area contributed by atoms with Crippen LogP contribution >= 0.6 is 0 Å². The van der Waals surface area contributed by atoms with Gasteiger partial charge in [0.05, 0.1) is 20.3 Å². The van der Waals surface area contributed by atoms with Gasteiger partial charge in [-0.25, -0.2) is 0 Å². The number of H-pyrrole nitrogens is 1. The number of rotatable bonds is 6. The third kappa shape index (κ3) is 3.64. The molecule has 23 heavy (non-hydrogen) atoms. The smallest absolute Gasteiger partial charge is 0.272 e. The van der Waals surface area contributed by atoms with Crippen molar-refractivity contribution in [1.29, 1.82) is 0 Å². The van der Waals surface area contributed by atoms with E-state index in [2.05, 4.69) is 15.5 Å². The van der Waals surface area contributed by atoms with Gasteiger partial charge in [0, 0.05) is 5.69 Å². The highest BCUT2D eigenvalue weighted by molar-refractivity contribution is 5.92. The number of nitrogens with zero attached hydrogens (tertiary/aromatic N) is 1. The SMILES string of the molecule is CCc1cc(C(=O)NC(C)c2cc(OC)c(OC)cc2C)n[nH]1. The van der Waals surface area contributed by atoms with Crippen LogP contribution in [0.3, 0.4) is 0 Å². The van der Waals surface area contributed by atoms with Crippen molar-refractivity contribution in [1.82, 2.24) is 15.5 Å². The third-order valence-electron chi connectivity index (χ3n) is 3.83. The van der Waals surface area contributed by atoms with E-state index >= 15 is 0 Å². The number of carbonyl (C=O) groups excluding carboxylic acids is 1. The number of carbonyl (C=O) groups is 1. The van der Waals surface area contributed by atoms with Crippen LogP contribution in [0, 0.1) is 6.92 Å². The zero-order valence-electron chi connectivity index (χ0n) is 14.2. The molecule has 1 atom stereocenters. The Morgan fingerprint density at radius 2 is 1.91 bits per heavy atom. The molecule has 0 spiro atoms. The standard InChI is InChI=1S/C17H23N3O3/c1-6-12-8-14(20-19-12)17(21)18-11(3)13-9-16(23-5)15(22-4)7-10(13)2/h7-9,11H,6H2,1-5H3,(H,18,21)(H,19,20). The Kier molecular flexibility index (Phi) is 5.26. The Bertz CT molecular complexity index is 694. The minimum absolute atomic E-state index is 0.177. The van der Waals surface area contributed by atoms with Crippen molar-refractivity contribution in [2.45, 2.75) is 33.2 Å². The molecule has 2 aromatic rings. The number of amides is 1. The number of aryl methyl sites for hydroxylation is 2. The lowest BCUT2D eigenvalue weighted by Gasteiger charge is -2.18. The van der Waals surface area contributed by atoms with Crippen LogP contribution < -0.4 is 14.8 Å². The Hall–Kier alpha value is -2.50. The monoisotopic (exact) mass is 317 g/mol. The number of hydrogen-bond donors (Lipinski definition) is 2. The van der Waals surface area contributed by atoms with E-state index in [1.807, 2.05) is 32.9 Å². The molecule has 2 N–H and O–H groups in total. The number of hydrogen-bond acceptors (Lipinski definition) is 4. The van der Waals surface area contributed by atoms with Crippen LogP contribution in [-0.4, -0.2) is 30.3 Å². The predicted molar refractivity (Wildman–Crippen MR) is 88.1 cm³/mol. The Morgan fingerprint density at radius 1 is 1.26 bits per heavy atom. The number of aromatic amines is 1. The van der Waals surface area contributed by atoms with Crippen LogP contribution in [-0.2, 0) is 6.42 Å². The molecule has 0 saturated carbocycles. The summed E-state index contributed by atoms with van der Waals surface area (Å²) in [6.45, 7) is 5.91. The first-order valence-electron chi connectivity index (χ1n) is 7.57. The number of ether oxygens (including phenoxy) is 2. The van der Waals surface area contributed by atoms with E-state index < -0.39 is 0 Å². The molecular formula is C17H23N3O3. The van der Waals surface area contributed by atoms with Crippen LogP contribution in [0.1, 0.15) is 47.2 Å². The Labute approximate surface area is 136 Å². The quantitative estimate of drug-likeness (QED) is 0.859. The molecule has 1 heterocycles. The number of aromatic nitrogens is 2. The van der Waals surface area contributed by atoms with E-state index in [-0.39, 0.29) is 11.9 Å². The first-order valence-corrected chi connectivity index (χ1v) is 7.57. The zero-order valence-corrected chi connectivity index (χ0v) is 14.2. The van der Waals surface area contributed by atoms with Crippen molar-refractivity contribution in [2.24, 2.45) is 0 Å². The van der Waals surface area contributed by atoms with E-state index in [0.29, 0.717) is 17.2 Å². The molecule has 1 amide bonds. The molecule has 0 bridgehead atoms. The number of benzene rings is 1. The summed E-state index contributed by atoms with van der Waals surface area (Å²) in [4.78, 5) is 12.3. The van der Waals surface area contributed by atoms with E-state index in [1.165, 1.54) is 0 Å². The van der Waals surface area contributed by atoms with Crippen LogP contribution in [0.5, 0.6) is 11.5 Å². The first kappa shape index (κ1) is 16.9. The van der Waals surface area contributed by atoms with Crippen LogP contribution in [0.4, 0.5) is 0 Å². The van der Waals surface area contributed by atoms with Crippen molar-refractivity contribution in [3.05, 3.63) is 40.7 Å². The van der Waals surface area contributed by atoms with E-state index in [1.54, 1.807) is 20.3 Å². The van der Waals surface area contributed by atoms with Gasteiger partial charge in [0.15, 0.2) is 11.5 Å². The lowest BCUT2D eigenvalue weighted by atomic mass is 10.0. The maximum absolute atomic E-state index is 12.3. The highest BCUT2D eigenvalue weighted by Crippen LogP contribution is 2.32. The molecular weight excluding hydrogens is 294 g/mol. The summed E-state index contributed by atoms with van der Waals surface area (Å²) in [6.07, 6.45) is 0.810. The van der Waals surface area contributed by atoms with Gasteiger partial charge in [-0.2, -0.15) is 5.10 Å². The van der Waals surface area contributed by atoms with E-state index in [9.17, 15) is 4.79 Å².